The van der Waals surface area contributed by atoms with E-state index >= 15 is 0 Å². The number of pyridine rings is 1. The fourth-order valence-electron chi connectivity index (χ4n) is 3.07. The van der Waals surface area contributed by atoms with Crippen LogP contribution in [-0.2, 0) is 0 Å². The highest BCUT2D eigenvalue weighted by atomic mass is 79.9. The summed E-state index contributed by atoms with van der Waals surface area (Å²) in [6, 6.07) is 13.6. The van der Waals surface area contributed by atoms with Gasteiger partial charge in [-0.05, 0) is 55.3 Å². The first-order chi connectivity index (χ1) is 13.5. The number of amides is 1. The first-order valence-electron chi connectivity index (χ1n) is 8.66. The van der Waals surface area contributed by atoms with E-state index in [0.29, 0.717) is 4.88 Å². The summed E-state index contributed by atoms with van der Waals surface area (Å²) in [5.74, 6) is -0.253. The number of aromatic nitrogens is 2. The molecular weight excluding hydrogens is 436 g/mol. The molecule has 0 spiro atoms. The number of halogens is 1. The maximum absolute atomic E-state index is 12.9. The van der Waals surface area contributed by atoms with E-state index in [2.05, 4.69) is 31.4 Å². The molecule has 0 aliphatic rings. The molecule has 1 amide bonds. The molecule has 28 heavy (non-hydrogen) atoms. The summed E-state index contributed by atoms with van der Waals surface area (Å²) in [7, 11) is 0. The monoisotopic (exact) mass is 452 g/mol. The number of rotatable bonds is 4. The maximum Gasteiger partial charge on any atom is 0.283 e. The standard InChI is InChI=1S/C21H17BrN4OS/c1-13-11-14(2)24-21-17(13)18(26-9-3-4-10-26)19(28-21)20(27)25-23-12-15-5-7-16(22)8-6-15/h3-12H,1-2H3,(H,25,27)/b23-12-. The molecule has 7 heteroatoms. The van der Waals surface area contributed by atoms with E-state index in [-0.39, 0.29) is 5.91 Å². The number of hydrogen-bond acceptors (Lipinski definition) is 4. The molecule has 5 nitrogen and oxygen atoms in total. The van der Waals surface area contributed by atoms with Gasteiger partial charge in [-0.3, -0.25) is 4.79 Å². The molecule has 0 saturated carbocycles. The van der Waals surface area contributed by atoms with Crippen LogP contribution in [0.25, 0.3) is 15.9 Å². The van der Waals surface area contributed by atoms with Crippen LogP contribution < -0.4 is 5.43 Å². The van der Waals surface area contributed by atoms with Gasteiger partial charge in [-0.25, -0.2) is 10.4 Å². The van der Waals surface area contributed by atoms with Crippen molar-refractivity contribution in [3.8, 4) is 5.69 Å². The zero-order chi connectivity index (χ0) is 19.7. The zero-order valence-electron chi connectivity index (χ0n) is 15.3. The van der Waals surface area contributed by atoms with Crippen molar-refractivity contribution in [3.05, 3.63) is 81.0 Å². The summed E-state index contributed by atoms with van der Waals surface area (Å²) < 4.78 is 2.95. The van der Waals surface area contributed by atoms with Crippen molar-refractivity contribution < 1.29 is 4.79 Å². The predicted octanol–water partition coefficient (Wildman–Crippen LogP) is 5.23. The van der Waals surface area contributed by atoms with Crippen molar-refractivity contribution in [3.63, 3.8) is 0 Å². The molecule has 1 N–H and O–H groups in total. The molecule has 4 rings (SSSR count). The number of thiophene rings is 1. The SMILES string of the molecule is Cc1cc(C)c2c(-n3cccc3)c(C(=O)N/N=C\c3ccc(Br)cc3)sc2n1. The van der Waals surface area contributed by atoms with Crippen molar-refractivity contribution in [2.24, 2.45) is 5.10 Å². The van der Waals surface area contributed by atoms with E-state index in [1.165, 1.54) is 11.3 Å². The van der Waals surface area contributed by atoms with E-state index in [0.717, 1.165) is 37.2 Å². The normalized spacial score (nSPS) is 11.4. The van der Waals surface area contributed by atoms with Crippen LogP contribution in [0, 0.1) is 13.8 Å². The van der Waals surface area contributed by atoms with Crippen molar-refractivity contribution in [2.45, 2.75) is 13.8 Å². The number of hydrogen-bond donors (Lipinski definition) is 1. The number of nitrogens with one attached hydrogen (secondary N) is 1. The highest BCUT2D eigenvalue weighted by Gasteiger charge is 2.21. The van der Waals surface area contributed by atoms with E-state index in [4.69, 9.17) is 0 Å². The van der Waals surface area contributed by atoms with E-state index in [1.54, 1.807) is 6.21 Å². The fraction of sp³-hybridized carbons (Fsp3) is 0.0952. The van der Waals surface area contributed by atoms with E-state index in [9.17, 15) is 4.79 Å². The fourth-order valence-corrected chi connectivity index (χ4v) is 4.52. The first-order valence-corrected chi connectivity index (χ1v) is 10.3. The molecular formula is C21H17BrN4OS. The van der Waals surface area contributed by atoms with Gasteiger partial charge in [0.15, 0.2) is 0 Å². The number of aryl methyl sites for hydroxylation is 2. The van der Waals surface area contributed by atoms with Crippen LogP contribution in [0.15, 0.2) is 64.4 Å². The Morgan fingerprint density at radius 3 is 2.64 bits per heavy atom. The van der Waals surface area contributed by atoms with Crippen LogP contribution in [0.3, 0.4) is 0 Å². The molecule has 4 aromatic rings. The van der Waals surface area contributed by atoms with Crippen LogP contribution in [0.2, 0.25) is 0 Å². The van der Waals surface area contributed by atoms with Crippen molar-refractivity contribution >= 4 is 49.6 Å². The molecule has 0 aliphatic carbocycles. The Hall–Kier alpha value is -2.77. The van der Waals surface area contributed by atoms with E-state index < -0.39 is 0 Å². The summed E-state index contributed by atoms with van der Waals surface area (Å²) >= 11 is 4.78. The molecule has 3 heterocycles. The molecule has 0 fully saturated rings. The highest BCUT2D eigenvalue weighted by Crippen LogP contribution is 2.35. The number of hydrazone groups is 1. The second-order valence-electron chi connectivity index (χ2n) is 6.38. The second-order valence-corrected chi connectivity index (χ2v) is 8.30. The lowest BCUT2D eigenvalue weighted by molar-refractivity contribution is 0.0959. The van der Waals surface area contributed by atoms with Crippen molar-refractivity contribution in [2.75, 3.05) is 0 Å². The van der Waals surface area contributed by atoms with Gasteiger partial charge in [0.2, 0.25) is 0 Å². The Labute approximate surface area is 174 Å². The van der Waals surface area contributed by atoms with E-state index in [1.807, 2.05) is 73.3 Å². The Bertz CT molecular complexity index is 1180. The van der Waals surface area contributed by atoms with Gasteiger partial charge >= 0.3 is 0 Å². The van der Waals surface area contributed by atoms with Crippen molar-refractivity contribution in [1.29, 1.82) is 0 Å². The van der Waals surface area contributed by atoms with Gasteiger partial charge < -0.3 is 4.57 Å². The summed E-state index contributed by atoms with van der Waals surface area (Å²) in [6.45, 7) is 4.01. The Balaban J connectivity index is 1.71. The Morgan fingerprint density at radius 2 is 1.93 bits per heavy atom. The quantitative estimate of drug-likeness (QED) is 0.340. The van der Waals surface area contributed by atoms with Crippen LogP contribution in [0.5, 0.6) is 0 Å². The zero-order valence-corrected chi connectivity index (χ0v) is 17.7. The third-order valence-electron chi connectivity index (χ3n) is 4.28. The van der Waals surface area contributed by atoms with Gasteiger partial charge in [-0.15, -0.1) is 11.3 Å². The predicted molar refractivity (Wildman–Crippen MR) is 118 cm³/mol. The average Bonchev–Trinajstić information content (AvgIpc) is 3.30. The molecule has 0 radical (unpaired) electrons. The van der Waals surface area contributed by atoms with Gasteiger partial charge in [0.05, 0.1) is 11.9 Å². The molecule has 1 aromatic carbocycles. The number of benzene rings is 1. The number of carbonyl (C=O) groups excluding carboxylic acids is 1. The Morgan fingerprint density at radius 1 is 1.21 bits per heavy atom. The van der Waals surface area contributed by atoms with Gasteiger partial charge in [0.1, 0.15) is 9.71 Å². The highest BCUT2D eigenvalue weighted by molar-refractivity contribution is 9.10. The smallest absolute Gasteiger partial charge is 0.283 e. The third-order valence-corrected chi connectivity index (χ3v) is 5.88. The lowest BCUT2D eigenvalue weighted by atomic mass is 10.1. The minimum absolute atomic E-state index is 0.253. The third kappa shape index (κ3) is 3.63. The molecule has 0 saturated heterocycles. The van der Waals surface area contributed by atoms with Crippen molar-refractivity contribution in [1.82, 2.24) is 15.0 Å². The molecule has 0 bridgehead atoms. The van der Waals surface area contributed by atoms with Gasteiger partial charge in [0, 0.05) is 27.9 Å². The summed E-state index contributed by atoms with van der Waals surface area (Å²) in [5, 5.41) is 5.11. The summed E-state index contributed by atoms with van der Waals surface area (Å²) in [4.78, 5) is 19.0. The van der Waals surface area contributed by atoms with Crippen LogP contribution in [0.1, 0.15) is 26.5 Å². The summed E-state index contributed by atoms with van der Waals surface area (Å²) in [5.41, 5.74) is 6.42. The molecule has 0 unspecified atom stereocenters. The molecule has 3 aromatic heterocycles. The summed E-state index contributed by atoms with van der Waals surface area (Å²) in [6.07, 6.45) is 5.49. The van der Waals surface area contributed by atoms with Crippen LogP contribution in [0.4, 0.5) is 0 Å². The minimum Gasteiger partial charge on any atom is -0.322 e. The molecule has 140 valence electrons. The molecule has 0 aliphatic heterocycles. The number of carbonyl (C=O) groups is 1. The van der Waals surface area contributed by atoms with Crippen LogP contribution >= 0.6 is 27.3 Å². The minimum atomic E-state index is -0.253. The number of fused-ring (bicyclic) bond motifs is 1. The van der Waals surface area contributed by atoms with Gasteiger partial charge in [-0.2, -0.15) is 5.10 Å². The average molecular weight is 453 g/mol. The lowest BCUT2D eigenvalue weighted by Gasteiger charge is -2.07. The maximum atomic E-state index is 12.9. The topological polar surface area (TPSA) is 59.3 Å². The second kappa shape index (κ2) is 7.69. The van der Waals surface area contributed by atoms with Crippen LogP contribution in [-0.4, -0.2) is 21.7 Å². The van der Waals surface area contributed by atoms with Gasteiger partial charge in [0.25, 0.3) is 5.91 Å². The molecule has 0 atom stereocenters. The lowest BCUT2D eigenvalue weighted by Crippen LogP contribution is -2.18. The largest absolute Gasteiger partial charge is 0.322 e. The van der Waals surface area contributed by atoms with Gasteiger partial charge in [-0.1, -0.05) is 28.1 Å². The Kier molecular flexibility index (Phi) is 5.11. The first kappa shape index (κ1) is 18.6. The number of nitrogens with zero attached hydrogens (tertiary/aromatic N) is 3.